The average molecular weight is 389 g/mol. The van der Waals surface area contributed by atoms with E-state index in [0.717, 1.165) is 11.1 Å². The molecular formula is C20H27N3O5. The predicted molar refractivity (Wildman–Crippen MR) is 102 cm³/mol. The summed E-state index contributed by atoms with van der Waals surface area (Å²) in [4.78, 5) is 50.3. The molecule has 0 atom stereocenters. The Bertz CT molecular complexity index is 726. The summed E-state index contributed by atoms with van der Waals surface area (Å²) >= 11 is 0. The number of rotatable bonds is 7. The van der Waals surface area contributed by atoms with E-state index in [9.17, 15) is 19.2 Å². The van der Waals surface area contributed by atoms with Crippen molar-refractivity contribution in [3.63, 3.8) is 0 Å². The largest absolute Gasteiger partial charge is 0.456 e. The van der Waals surface area contributed by atoms with Crippen LogP contribution >= 0.6 is 0 Å². The third-order valence-corrected chi connectivity index (χ3v) is 4.72. The van der Waals surface area contributed by atoms with Crippen LogP contribution in [0.25, 0.3) is 0 Å². The van der Waals surface area contributed by atoms with Crippen molar-refractivity contribution in [3.8, 4) is 0 Å². The Morgan fingerprint density at radius 3 is 2.29 bits per heavy atom. The Labute approximate surface area is 164 Å². The van der Waals surface area contributed by atoms with Crippen LogP contribution in [0, 0.1) is 6.92 Å². The quantitative estimate of drug-likeness (QED) is 0.690. The molecule has 1 N–H and O–H groups in total. The zero-order valence-electron chi connectivity index (χ0n) is 16.4. The van der Waals surface area contributed by atoms with Gasteiger partial charge in [-0.25, -0.2) is 0 Å². The fourth-order valence-corrected chi connectivity index (χ4v) is 2.91. The monoisotopic (exact) mass is 389 g/mol. The predicted octanol–water partition coefficient (Wildman–Crippen LogP) is 0.625. The van der Waals surface area contributed by atoms with Gasteiger partial charge >= 0.3 is 5.97 Å². The second-order valence-corrected chi connectivity index (χ2v) is 6.75. The number of benzene rings is 1. The molecule has 0 saturated carbocycles. The number of ether oxygens (including phenoxy) is 1. The smallest absolute Gasteiger partial charge is 0.306 e. The standard InChI is InChI=1S/C20H27N3O5/c1-15-5-3-4-6-17(15)13-21-18(25)14-28-20(27)8-7-19(26)23-11-9-22(10-12-23)16(2)24/h3-6H,7-14H2,1-2H3,(H,21,25). The van der Waals surface area contributed by atoms with Crippen LogP contribution in [-0.2, 0) is 30.5 Å². The summed E-state index contributed by atoms with van der Waals surface area (Å²) in [6.07, 6.45) is -0.0411. The minimum atomic E-state index is -0.582. The van der Waals surface area contributed by atoms with E-state index in [0.29, 0.717) is 32.7 Å². The zero-order valence-corrected chi connectivity index (χ0v) is 16.4. The molecule has 1 saturated heterocycles. The molecular weight excluding hydrogens is 362 g/mol. The first-order chi connectivity index (χ1) is 13.4. The number of carbonyl (C=O) groups is 4. The number of hydrogen-bond donors (Lipinski definition) is 1. The topological polar surface area (TPSA) is 96.0 Å². The van der Waals surface area contributed by atoms with Crippen LogP contribution in [0.3, 0.4) is 0 Å². The van der Waals surface area contributed by atoms with Gasteiger partial charge in [0, 0.05) is 46.1 Å². The maximum Gasteiger partial charge on any atom is 0.306 e. The highest BCUT2D eigenvalue weighted by Gasteiger charge is 2.22. The lowest BCUT2D eigenvalue weighted by Crippen LogP contribution is -2.50. The molecule has 0 radical (unpaired) electrons. The number of piperazine rings is 1. The molecule has 8 heteroatoms. The van der Waals surface area contributed by atoms with Gasteiger partial charge in [0.1, 0.15) is 0 Å². The van der Waals surface area contributed by atoms with Crippen LogP contribution in [0.4, 0.5) is 0 Å². The molecule has 1 aliphatic heterocycles. The van der Waals surface area contributed by atoms with Crippen LogP contribution in [0.2, 0.25) is 0 Å². The van der Waals surface area contributed by atoms with Crippen molar-refractivity contribution in [1.82, 2.24) is 15.1 Å². The average Bonchev–Trinajstić information content (AvgIpc) is 2.69. The number of nitrogens with one attached hydrogen (secondary N) is 1. The molecule has 3 amide bonds. The molecule has 1 aromatic carbocycles. The fourth-order valence-electron chi connectivity index (χ4n) is 2.91. The minimum Gasteiger partial charge on any atom is -0.456 e. The zero-order chi connectivity index (χ0) is 20.5. The van der Waals surface area contributed by atoms with Crippen molar-refractivity contribution >= 4 is 23.7 Å². The first-order valence-electron chi connectivity index (χ1n) is 9.37. The summed E-state index contributed by atoms with van der Waals surface area (Å²) < 4.78 is 4.93. The van der Waals surface area contributed by atoms with E-state index in [1.54, 1.807) is 9.80 Å². The molecule has 8 nitrogen and oxygen atoms in total. The maximum atomic E-state index is 12.1. The molecule has 2 rings (SSSR count). The lowest BCUT2D eigenvalue weighted by atomic mass is 10.1. The highest BCUT2D eigenvalue weighted by Crippen LogP contribution is 2.07. The van der Waals surface area contributed by atoms with Crippen molar-refractivity contribution in [2.75, 3.05) is 32.8 Å². The van der Waals surface area contributed by atoms with Gasteiger partial charge in [-0.15, -0.1) is 0 Å². The Morgan fingerprint density at radius 1 is 1.00 bits per heavy atom. The summed E-state index contributed by atoms with van der Waals surface area (Å²) in [6.45, 7) is 5.41. The van der Waals surface area contributed by atoms with Gasteiger partial charge in [0.2, 0.25) is 11.8 Å². The number of esters is 1. The second-order valence-electron chi connectivity index (χ2n) is 6.75. The van der Waals surface area contributed by atoms with Crippen LogP contribution in [-0.4, -0.2) is 66.3 Å². The SMILES string of the molecule is CC(=O)N1CCN(C(=O)CCC(=O)OCC(=O)NCc2ccccc2C)CC1. The first kappa shape index (κ1) is 21.4. The molecule has 0 aliphatic carbocycles. The second kappa shape index (κ2) is 10.4. The van der Waals surface area contributed by atoms with Gasteiger partial charge in [0.25, 0.3) is 5.91 Å². The van der Waals surface area contributed by atoms with Gasteiger partial charge in [-0.3, -0.25) is 19.2 Å². The van der Waals surface area contributed by atoms with Crippen molar-refractivity contribution in [3.05, 3.63) is 35.4 Å². The van der Waals surface area contributed by atoms with Gasteiger partial charge < -0.3 is 19.9 Å². The third-order valence-electron chi connectivity index (χ3n) is 4.72. The highest BCUT2D eigenvalue weighted by atomic mass is 16.5. The number of nitrogens with zero attached hydrogens (tertiary/aromatic N) is 2. The van der Waals surface area contributed by atoms with E-state index in [2.05, 4.69) is 5.32 Å². The third kappa shape index (κ3) is 6.68. The van der Waals surface area contributed by atoms with Crippen LogP contribution in [0.15, 0.2) is 24.3 Å². The van der Waals surface area contributed by atoms with Crippen LogP contribution < -0.4 is 5.32 Å². The first-order valence-corrected chi connectivity index (χ1v) is 9.37. The molecule has 1 heterocycles. The van der Waals surface area contributed by atoms with Gasteiger partial charge in [0.15, 0.2) is 6.61 Å². The van der Waals surface area contributed by atoms with E-state index in [1.165, 1.54) is 6.92 Å². The van der Waals surface area contributed by atoms with Crippen LogP contribution in [0.5, 0.6) is 0 Å². The van der Waals surface area contributed by atoms with E-state index in [4.69, 9.17) is 4.74 Å². The number of aryl methyl sites for hydroxylation is 1. The van der Waals surface area contributed by atoms with Gasteiger partial charge in [0.05, 0.1) is 6.42 Å². The van der Waals surface area contributed by atoms with Crippen molar-refractivity contribution < 1.29 is 23.9 Å². The molecule has 152 valence electrons. The summed E-state index contributed by atoms with van der Waals surface area (Å²) in [5.41, 5.74) is 2.07. The Balaban J connectivity index is 1.62. The Kier molecular flexibility index (Phi) is 7.98. The lowest BCUT2D eigenvalue weighted by Gasteiger charge is -2.34. The van der Waals surface area contributed by atoms with Gasteiger partial charge in [-0.2, -0.15) is 0 Å². The maximum absolute atomic E-state index is 12.1. The van der Waals surface area contributed by atoms with E-state index >= 15 is 0 Å². The molecule has 0 unspecified atom stereocenters. The summed E-state index contributed by atoms with van der Waals surface area (Å²) in [5.74, 6) is -1.12. The van der Waals surface area contributed by atoms with E-state index in [-0.39, 0.29) is 37.2 Å². The van der Waals surface area contributed by atoms with Crippen molar-refractivity contribution in [2.45, 2.75) is 33.2 Å². The van der Waals surface area contributed by atoms with Gasteiger partial charge in [-0.05, 0) is 18.1 Å². The number of carbonyl (C=O) groups excluding carboxylic acids is 4. The molecule has 0 bridgehead atoms. The van der Waals surface area contributed by atoms with Crippen molar-refractivity contribution in [2.24, 2.45) is 0 Å². The Morgan fingerprint density at radius 2 is 1.64 bits per heavy atom. The molecule has 1 aromatic rings. The highest BCUT2D eigenvalue weighted by molar-refractivity contribution is 5.84. The normalized spacial score (nSPS) is 13.8. The fraction of sp³-hybridized carbons (Fsp3) is 0.500. The Hall–Kier alpha value is -2.90. The van der Waals surface area contributed by atoms with Crippen LogP contribution in [0.1, 0.15) is 30.9 Å². The molecule has 28 heavy (non-hydrogen) atoms. The van der Waals surface area contributed by atoms with Gasteiger partial charge in [-0.1, -0.05) is 24.3 Å². The molecule has 0 spiro atoms. The number of amides is 3. The van der Waals surface area contributed by atoms with E-state index < -0.39 is 5.97 Å². The summed E-state index contributed by atoms with van der Waals surface area (Å²) in [7, 11) is 0. The van der Waals surface area contributed by atoms with Crippen molar-refractivity contribution in [1.29, 1.82) is 0 Å². The summed E-state index contributed by atoms with van der Waals surface area (Å²) in [5, 5.41) is 2.70. The lowest BCUT2D eigenvalue weighted by molar-refractivity contribution is -0.150. The minimum absolute atomic E-state index is 0.00335. The number of hydrogen-bond acceptors (Lipinski definition) is 5. The molecule has 1 aliphatic rings. The summed E-state index contributed by atoms with van der Waals surface area (Å²) in [6, 6.07) is 7.69. The molecule has 1 fully saturated rings. The molecule has 0 aromatic heterocycles. The van der Waals surface area contributed by atoms with E-state index in [1.807, 2.05) is 31.2 Å².